The molecule has 0 saturated carbocycles. The highest BCUT2D eigenvalue weighted by molar-refractivity contribution is 5.81. The molecule has 1 rings (SSSR count). The fraction of sp³-hybridized carbons (Fsp3) is 0.875. The Morgan fingerprint density at radius 1 is 1.60 bits per heavy atom. The van der Waals surface area contributed by atoms with E-state index in [-0.39, 0.29) is 6.04 Å². The van der Waals surface area contributed by atoms with Crippen LogP contribution in [0.1, 0.15) is 20.3 Å². The Morgan fingerprint density at radius 2 is 2.20 bits per heavy atom. The number of carbonyl (C=O) groups excluding carboxylic acids is 1. The van der Waals surface area contributed by atoms with Crippen LogP contribution in [-0.4, -0.2) is 30.3 Å². The molecule has 2 unspecified atom stereocenters. The van der Waals surface area contributed by atoms with Crippen molar-refractivity contribution >= 4 is 5.78 Å². The summed E-state index contributed by atoms with van der Waals surface area (Å²) < 4.78 is 0. The van der Waals surface area contributed by atoms with Crippen molar-refractivity contribution in [1.29, 1.82) is 0 Å². The van der Waals surface area contributed by atoms with Crippen LogP contribution in [0.5, 0.6) is 0 Å². The molecule has 2 heteroatoms. The Bertz CT molecular complexity index is 144. The van der Waals surface area contributed by atoms with Crippen LogP contribution in [0.3, 0.4) is 0 Å². The lowest BCUT2D eigenvalue weighted by atomic mass is 10.1. The van der Waals surface area contributed by atoms with E-state index in [0.29, 0.717) is 11.7 Å². The Balaban J connectivity index is 2.54. The lowest BCUT2D eigenvalue weighted by Crippen LogP contribution is -2.30. The van der Waals surface area contributed by atoms with Gasteiger partial charge >= 0.3 is 0 Å². The highest BCUT2D eigenvalue weighted by Gasteiger charge is 2.29. The van der Waals surface area contributed by atoms with E-state index in [0.717, 1.165) is 13.0 Å². The number of hydrogen-bond acceptors (Lipinski definition) is 2. The summed E-state index contributed by atoms with van der Waals surface area (Å²) in [5.41, 5.74) is 0. The van der Waals surface area contributed by atoms with Crippen molar-refractivity contribution in [2.75, 3.05) is 13.6 Å². The molecular weight excluding hydrogens is 126 g/mol. The first-order valence-corrected chi connectivity index (χ1v) is 3.82. The van der Waals surface area contributed by atoms with Crippen molar-refractivity contribution in [2.45, 2.75) is 26.3 Å². The van der Waals surface area contributed by atoms with Gasteiger partial charge in [-0.1, -0.05) is 6.92 Å². The molecule has 0 spiro atoms. The van der Waals surface area contributed by atoms with Crippen molar-refractivity contribution < 1.29 is 4.79 Å². The quantitative estimate of drug-likeness (QED) is 0.541. The number of hydrogen-bond donors (Lipinski definition) is 0. The summed E-state index contributed by atoms with van der Waals surface area (Å²) in [5.74, 6) is 1.01. The minimum Gasteiger partial charge on any atom is -0.298 e. The maximum absolute atomic E-state index is 11.0. The first kappa shape index (κ1) is 7.73. The molecule has 0 N–H and O–H groups in total. The van der Waals surface area contributed by atoms with E-state index in [9.17, 15) is 4.79 Å². The monoisotopic (exact) mass is 141 g/mol. The smallest absolute Gasteiger partial charge is 0.146 e. The lowest BCUT2D eigenvalue weighted by molar-refractivity contribution is -0.120. The molecule has 0 bridgehead atoms. The number of nitrogens with zero attached hydrogens (tertiary/aromatic N) is 1. The molecule has 0 amide bonds. The second-order valence-electron chi connectivity index (χ2n) is 3.41. The van der Waals surface area contributed by atoms with Crippen molar-refractivity contribution in [2.24, 2.45) is 5.92 Å². The maximum atomic E-state index is 11.0. The van der Waals surface area contributed by atoms with E-state index >= 15 is 0 Å². The van der Waals surface area contributed by atoms with Gasteiger partial charge in [0.25, 0.3) is 0 Å². The van der Waals surface area contributed by atoms with Crippen LogP contribution in [0.25, 0.3) is 0 Å². The number of Topliss-reactive ketones (excluding diaryl/α,β-unsaturated/α-hetero) is 1. The summed E-state index contributed by atoms with van der Waals surface area (Å²) in [6.07, 6.45) is 1.05. The third kappa shape index (κ3) is 1.37. The van der Waals surface area contributed by atoms with Gasteiger partial charge in [-0.15, -0.1) is 0 Å². The first-order chi connectivity index (χ1) is 4.61. The molecule has 58 valence electrons. The second-order valence-corrected chi connectivity index (χ2v) is 3.41. The van der Waals surface area contributed by atoms with Crippen molar-refractivity contribution in [3.05, 3.63) is 0 Å². The van der Waals surface area contributed by atoms with Gasteiger partial charge in [0.05, 0.1) is 6.04 Å². The van der Waals surface area contributed by atoms with Crippen LogP contribution < -0.4 is 0 Å². The van der Waals surface area contributed by atoms with Crippen LogP contribution in [0.4, 0.5) is 0 Å². The highest BCUT2D eigenvalue weighted by atomic mass is 16.1. The predicted octanol–water partition coefficient (Wildman–Crippen LogP) is 0.916. The lowest BCUT2D eigenvalue weighted by Gasteiger charge is -2.14. The SMILES string of the molecule is CC(=O)C1CC(C)CN1C. The van der Waals surface area contributed by atoms with E-state index < -0.39 is 0 Å². The van der Waals surface area contributed by atoms with Crippen molar-refractivity contribution in [3.8, 4) is 0 Å². The Morgan fingerprint density at radius 3 is 2.40 bits per heavy atom. The van der Waals surface area contributed by atoms with Gasteiger partial charge in [0, 0.05) is 6.54 Å². The first-order valence-electron chi connectivity index (χ1n) is 3.82. The maximum Gasteiger partial charge on any atom is 0.146 e. The Kier molecular flexibility index (Phi) is 2.09. The summed E-state index contributed by atoms with van der Waals surface area (Å²) in [6.45, 7) is 4.95. The summed E-state index contributed by atoms with van der Waals surface area (Å²) in [4.78, 5) is 13.1. The van der Waals surface area contributed by atoms with Crippen LogP contribution in [0, 0.1) is 5.92 Å². The molecular formula is C8H15NO. The predicted molar refractivity (Wildman–Crippen MR) is 40.9 cm³/mol. The largest absolute Gasteiger partial charge is 0.298 e. The molecule has 1 aliphatic heterocycles. The standard InChI is InChI=1S/C8H15NO/c1-6-4-8(7(2)10)9(3)5-6/h6,8H,4-5H2,1-3H3. The van der Waals surface area contributed by atoms with E-state index in [1.54, 1.807) is 6.92 Å². The highest BCUT2D eigenvalue weighted by Crippen LogP contribution is 2.20. The van der Waals surface area contributed by atoms with E-state index in [4.69, 9.17) is 0 Å². The Hall–Kier alpha value is -0.370. The average molecular weight is 141 g/mol. The second kappa shape index (κ2) is 2.70. The number of rotatable bonds is 1. The van der Waals surface area contributed by atoms with Crippen LogP contribution in [0.15, 0.2) is 0 Å². The summed E-state index contributed by atoms with van der Waals surface area (Å²) in [5, 5.41) is 0. The molecule has 10 heavy (non-hydrogen) atoms. The molecule has 2 nitrogen and oxygen atoms in total. The molecule has 0 radical (unpaired) electrons. The number of carbonyl (C=O) groups is 1. The van der Waals surface area contributed by atoms with Crippen LogP contribution >= 0.6 is 0 Å². The van der Waals surface area contributed by atoms with E-state index in [1.165, 1.54) is 0 Å². The molecule has 1 saturated heterocycles. The topological polar surface area (TPSA) is 20.3 Å². The third-order valence-corrected chi connectivity index (χ3v) is 2.23. The molecule has 0 aromatic rings. The molecule has 0 aromatic carbocycles. The zero-order chi connectivity index (χ0) is 7.72. The summed E-state index contributed by atoms with van der Waals surface area (Å²) >= 11 is 0. The summed E-state index contributed by atoms with van der Waals surface area (Å²) in [6, 6.07) is 0.204. The Labute approximate surface area is 62.2 Å². The zero-order valence-corrected chi connectivity index (χ0v) is 6.92. The zero-order valence-electron chi connectivity index (χ0n) is 6.92. The van der Waals surface area contributed by atoms with Gasteiger partial charge in [0.1, 0.15) is 5.78 Å². The molecule has 1 aliphatic rings. The summed E-state index contributed by atoms with van der Waals surface area (Å²) in [7, 11) is 2.02. The van der Waals surface area contributed by atoms with Gasteiger partial charge < -0.3 is 0 Å². The average Bonchev–Trinajstić information content (AvgIpc) is 2.10. The number of likely N-dealkylation sites (N-methyl/N-ethyl adjacent to an activating group) is 1. The number of likely N-dealkylation sites (tertiary alicyclic amines) is 1. The van der Waals surface area contributed by atoms with Gasteiger partial charge in [0.15, 0.2) is 0 Å². The van der Waals surface area contributed by atoms with Crippen LogP contribution in [-0.2, 0) is 4.79 Å². The molecule has 1 fully saturated rings. The molecule has 2 atom stereocenters. The van der Waals surface area contributed by atoms with Gasteiger partial charge in [-0.3, -0.25) is 9.69 Å². The van der Waals surface area contributed by atoms with E-state index in [1.807, 2.05) is 7.05 Å². The molecule has 0 aliphatic carbocycles. The third-order valence-electron chi connectivity index (χ3n) is 2.23. The minimum absolute atomic E-state index is 0.204. The molecule has 0 aromatic heterocycles. The normalized spacial score (nSPS) is 34.7. The van der Waals surface area contributed by atoms with Gasteiger partial charge in [0.2, 0.25) is 0 Å². The van der Waals surface area contributed by atoms with Gasteiger partial charge in [-0.2, -0.15) is 0 Å². The van der Waals surface area contributed by atoms with Crippen molar-refractivity contribution in [3.63, 3.8) is 0 Å². The number of ketones is 1. The minimum atomic E-state index is 0.204. The fourth-order valence-corrected chi connectivity index (χ4v) is 1.73. The fourth-order valence-electron chi connectivity index (χ4n) is 1.73. The van der Waals surface area contributed by atoms with Crippen LogP contribution in [0.2, 0.25) is 0 Å². The van der Waals surface area contributed by atoms with E-state index in [2.05, 4.69) is 11.8 Å². The van der Waals surface area contributed by atoms with Gasteiger partial charge in [-0.25, -0.2) is 0 Å². The molecule has 1 heterocycles. The van der Waals surface area contributed by atoms with Gasteiger partial charge in [-0.05, 0) is 26.3 Å². The van der Waals surface area contributed by atoms with Crippen molar-refractivity contribution in [1.82, 2.24) is 4.90 Å².